The van der Waals surface area contributed by atoms with Crippen LogP contribution in [0.1, 0.15) is 6.92 Å². The molecule has 0 spiro atoms. The van der Waals surface area contributed by atoms with Gasteiger partial charge >= 0.3 is 29.6 Å². The van der Waals surface area contributed by atoms with Crippen LogP contribution in [-0.2, 0) is 0 Å². The topological polar surface area (TPSA) is 20.2 Å². The number of rotatable bonds is 0. The van der Waals surface area contributed by atoms with E-state index < -0.39 is 0 Å². The predicted molar refractivity (Wildman–Crippen MR) is 42.7 cm³/mol. The van der Waals surface area contributed by atoms with Crippen molar-refractivity contribution in [2.45, 2.75) is 6.92 Å². The molecule has 0 aliphatic rings. The van der Waals surface area contributed by atoms with Crippen LogP contribution in [0.2, 0.25) is 0 Å². The van der Waals surface area contributed by atoms with Crippen LogP contribution in [0.25, 0.3) is 0 Å². The third-order valence-corrected chi connectivity index (χ3v) is 0.756. The van der Waals surface area contributed by atoms with Crippen molar-refractivity contribution in [3.05, 3.63) is 43.0 Å². The second kappa shape index (κ2) is 9.76. The molecule has 0 fully saturated rings. The van der Waals surface area contributed by atoms with E-state index >= 15 is 0 Å². The maximum absolute atomic E-state index is 8.63. The number of phenols is 1. The number of hydrogen-bond acceptors (Lipinski definition) is 1. The SMILES string of the molecule is C=[C-]C.Oc1ccccc1.[Na+]. The van der Waals surface area contributed by atoms with Crippen molar-refractivity contribution < 1.29 is 34.7 Å². The molecule has 2 heteroatoms. The van der Waals surface area contributed by atoms with Gasteiger partial charge in [-0.15, -0.1) is 0 Å². The Morgan fingerprint density at radius 3 is 1.82 bits per heavy atom. The summed E-state index contributed by atoms with van der Waals surface area (Å²) in [6.07, 6.45) is 2.50. The molecule has 0 heterocycles. The van der Waals surface area contributed by atoms with Crippen LogP contribution in [0.3, 0.4) is 0 Å². The molecule has 0 aromatic heterocycles. The van der Waals surface area contributed by atoms with Gasteiger partial charge in [0.25, 0.3) is 0 Å². The number of phenolic OH excluding ortho intramolecular Hbond substituents is 1. The van der Waals surface area contributed by atoms with E-state index in [4.69, 9.17) is 5.11 Å². The van der Waals surface area contributed by atoms with Crippen LogP contribution in [0.5, 0.6) is 5.75 Å². The Hall–Kier alpha value is -0.240. The quantitative estimate of drug-likeness (QED) is 0.394. The minimum absolute atomic E-state index is 0. The van der Waals surface area contributed by atoms with Gasteiger partial charge in [-0.05, 0) is 12.1 Å². The molecule has 11 heavy (non-hydrogen) atoms. The first-order chi connectivity index (χ1) is 4.81. The maximum Gasteiger partial charge on any atom is 1.00 e. The second-order valence-electron chi connectivity index (χ2n) is 1.69. The van der Waals surface area contributed by atoms with Gasteiger partial charge in [-0.25, -0.2) is 0 Å². The number of para-hydroxylation sites is 1. The van der Waals surface area contributed by atoms with Gasteiger partial charge in [-0.2, -0.15) is 6.92 Å². The Bertz CT molecular complexity index is 172. The van der Waals surface area contributed by atoms with Crippen molar-refractivity contribution in [2.24, 2.45) is 0 Å². The van der Waals surface area contributed by atoms with E-state index in [-0.39, 0.29) is 29.6 Å². The molecule has 1 N–H and O–H groups in total. The molecule has 54 valence electrons. The molecule has 1 nitrogen and oxygen atoms in total. The number of hydrogen-bond donors (Lipinski definition) is 1. The van der Waals surface area contributed by atoms with E-state index in [1.165, 1.54) is 0 Å². The minimum atomic E-state index is 0. The number of allylic oxidation sites excluding steroid dienone is 1. The molecular weight excluding hydrogens is 147 g/mol. The molecule has 0 unspecified atom stereocenters. The van der Waals surface area contributed by atoms with Crippen LogP contribution in [0.15, 0.2) is 36.9 Å². The van der Waals surface area contributed by atoms with Crippen molar-refractivity contribution in [3.8, 4) is 5.75 Å². The summed E-state index contributed by atoms with van der Waals surface area (Å²) in [4.78, 5) is 0. The second-order valence-corrected chi connectivity index (χ2v) is 1.69. The average molecular weight is 158 g/mol. The molecule has 0 aliphatic carbocycles. The summed E-state index contributed by atoms with van der Waals surface area (Å²) in [5, 5.41) is 8.63. The van der Waals surface area contributed by atoms with Gasteiger partial charge in [-0.3, -0.25) is 6.58 Å². The smallest absolute Gasteiger partial charge is 0.508 e. The van der Waals surface area contributed by atoms with Gasteiger partial charge in [0, 0.05) is 0 Å². The van der Waals surface area contributed by atoms with E-state index in [0.29, 0.717) is 5.75 Å². The van der Waals surface area contributed by atoms with Crippen LogP contribution in [-0.4, -0.2) is 5.11 Å². The van der Waals surface area contributed by atoms with Gasteiger partial charge in [0.15, 0.2) is 0 Å². The molecule has 0 saturated heterocycles. The monoisotopic (exact) mass is 158 g/mol. The van der Waals surface area contributed by atoms with E-state index in [0.717, 1.165) is 0 Å². The van der Waals surface area contributed by atoms with Crippen LogP contribution < -0.4 is 29.6 Å². The average Bonchev–Trinajstić information content (AvgIpc) is 1.91. The summed E-state index contributed by atoms with van der Waals surface area (Å²) >= 11 is 0. The molecule has 1 aromatic rings. The Morgan fingerprint density at radius 1 is 1.27 bits per heavy atom. The normalized spacial score (nSPS) is 6.64. The van der Waals surface area contributed by atoms with E-state index in [1.54, 1.807) is 31.2 Å². The standard InChI is InChI=1S/C6H6O.C3H5.Na/c7-6-4-2-1-3-5-6;1-3-2;/h1-5,7H;1H2,2H3;/q;-1;+1. The molecule has 0 saturated carbocycles. The van der Waals surface area contributed by atoms with Gasteiger partial charge in [0.2, 0.25) is 0 Å². The summed E-state index contributed by atoms with van der Waals surface area (Å²) < 4.78 is 0. The molecule has 0 atom stereocenters. The van der Waals surface area contributed by atoms with Crippen molar-refractivity contribution in [1.82, 2.24) is 0 Å². The summed E-state index contributed by atoms with van der Waals surface area (Å²) in [5.74, 6) is 0.322. The molecule has 1 aromatic carbocycles. The van der Waals surface area contributed by atoms with Crippen molar-refractivity contribution in [1.29, 1.82) is 0 Å². The third kappa shape index (κ3) is 9.76. The molecule has 0 aliphatic heterocycles. The van der Waals surface area contributed by atoms with Crippen LogP contribution in [0, 0.1) is 6.08 Å². The Kier molecular flexibility index (Phi) is 11.9. The zero-order valence-electron chi connectivity index (χ0n) is 7.04. The van der Waals surface area contributed by atoms with Crippen molar-refractivity contribution in [2.75, 3.05) is 0 Å². The molecule has 0 radical (unpaired) electrons. The van der Waals surface area contributed by atoms with Gasteiger partial charge in [0.05, 0.1) is 0 Å². The molecule has 1 rings (SSSR count). The van der Waals surface area contributed by atoms with E-state index in [9.17, 15) is 0 Å². The van der Waals surface area contributed by atoms with Gasteiger partial charge in [0.1, 0.15) is 5.75 Å². The number of aromatic hydroxyl groups is 1. The predicted octanol–water partition coefficient (Wildman–Crippen LogP) is -0.608. The third-order valence-electron chi connectivity index (χ3n) is 0.756. The van der Waals surface area contributed by atoms with Gasteiger partial charge < -0.3 is 11.2 Å². The zero-order valence-corrected chi connectivity index (χ0v) is 9.04. The summed E-state index contributed by atoms with van der Waals surface area (Å²) in [7, 11) is 0. The van der Waals surface area contributed by atoms with Gasteiger partial charge in [-0.1, -0.05) is 18.2 Å². The molecule has 0 amide bonds. The fraction of sp³-hybridized carbons (Fsp3) is 0.111. The van der Waals surface area contributed by atoms with E-state index in [2.05, 4.69) is 12.7 Å². The van der Waals surface area contributed by atoms with Crippen LogP contribution >= 0.6 is 0 Å². The minimum Gasteiger partial charge on any atom is -0.508 e. The first kappa shape index (κ1) is 13.4. The Morgan fingerprint density at radius 2 is 1.64 bits per heavy atom. The van der Waals surface area contributed by atoms with Crippen molar-refractivity contribution in [3.63, 3.8) is 0 Å². The van der Waals surface area contributed by atoms with E-state index in [1.807, 2.05) is 6.07 Å². The largest absolute Gasteiger partial charge is 1.00 e. The number of benzene rings is 1. The first-order valence-electron chi connectivity index (χ1n) is 2.99. The maximum atomic E-state index is 8.63. The fourth-order valence-electron chi connectivity index (χ4n) is 0.428. The Balaban J connectivity index is 0. The summed E-state index contributed by atoms with van der Waals surface area (Å²) in [6.45, 7) is 5.00. The summed E-state index contributed by atoms with van der Waals surface area (Å²) in [6, 6.07) is 8.71. The first-order valence-corrected chi connectivity index (χ1v) is 2.99. The zero-order chi connectivity index (χ0) is 7.82. The fourth-order valence-corrected chi connectivity index (χ4v) is 0.428. The summed E-state index contributed by atoms with van der Waals surface area (Å²) in [5.41, 5.74) is 0. The Labute approximate surface area is 90.1 Å². The van der Waals surface area contributed by atoms with Crippen molar-refractivity contribution >= 4 is 0 Å². The van der Waals surface area contributed by atoms with Crippen LogP contribution in [0.4, 0.5) is 0 Å². The molecule has 0 bridgehead atoms. The molecular formula is C9H11NaO.